The lowest BCUT2D eigenvalue weighted by molar-refractivity contribution is -0.201. The first kappa shape index (κ1) is 17.2. The van der Waals surface area contributed by atoms with E-state index in [1.165, 1.54) is 19.2 Å². The zero-order chi connectivity index (χ0) is 16.0. The molecule has 1 atom stereocenters. The lowest BCUT2D eigenvalue weighted by atomic mass is 10.2. The number of alkyl halides is 3. The maximum absolute atomic E-state index is 12.8. The molecule has 21 heavy (non-hydrogen) atoms. The van der Waals surface area contributed by atoms with Gasteiger partial charge < -0.3 is 15.3 Å². The van der Waals surface area contributed by atoms with E-state index in [2.05, 4.69) is 10.3 Å². The molecule has 0 fully saturated rings. The number of hydrogen-bond donors (Lipinski definition) is 2. The highest BCUT2D eigenvalue weighted by atomic mass is 19.4. The molecule has 0 aliphatic carbocycles. The highest BCUT2D eigenvalue weighted by Gasteiger charge is 2.38. The Morgan fingerprint density at radius 1 is 1.33 bits per heavy atom. The highest BCUT2D eigenvalue weighted by molar-refractivity contribution is 5.79. The van der Waals surface area contributed by atoms with Crippen LogP contribution >= 0.6 is 0 Å². The van der Waals surface area contributed by atoms with E-state index in [1.807, 2.05) is 0 Å². The standard InChI is InChI=1S/C13H17F4N3O/c1-18-12(19-7-11(21)13(15,16)17)20(2)8-9-3-5-10(14)6-4-9/h3-6,11,21H,7-8H2,1-2H3,(H,18,19). The van der Waals surface area contributed by atoms with E-state index < -0.39 is 18.8 Å². The van der Waals surface area contributed by atoms with Gasteiger partial charge in [-0.1, -0.05) is 12.1 Å². The summed E-state index contributed by atoms with van der Waals surface area (Å²) in [5.74, 6) is -0.167. The number of nitrogens with zero attached hydrogens (tertiary/aromatic N) is 2. The third kappa shape index (κ3) is 5.58. The van der Waals surface area contributed by atoms with Crippen LogP contribution in [-0.4, -0.2) is 48.9 Å². The summed E-state index contributed by atoms with van der Waals surface area (Å²) < 4.78 is 49.4. The zero-order valence-corrected chi connectivity index (χ0v) is 11.7. The highest BCUT2D eigenvalue weighted by Crippen LogP contribution is 2.19. The van der Waals surface area contributed by atoms with Gasteiger partial charge in [0, 0.05) is 20.6 Å². The molecule has 0 bridgehead atoms. The lowest BCUT2D eigenvalue weighted by Crippen LogP contribution is -2.45. The average Bonchev–Trinajstić information content (AvgIpc) is 2.40. The van der Waals surface area contributed by atoms with E-state index in [4.69, 9.17) is 5.11 Å². The molecular weight excluding hydrogens is 290 g/mol. The van der Waals surface area contributed by atoms with Crippen molar-refractivity contribution in [2.24, 2.45) is 4.99 Å². The Morgan fingerprint density at radius 2 is 1.90 bits per heavy atom. The van der Waals surface area contributed by atoms with Crippen molar-refractivity contribution in [3.8, 4) is 0 Å². The Bertz CT molecular complexity index is 473. The second-order valence-electron chi connectivity index (χ2n) is 4.47. The molecule has 1 aromatic carbocycles. The molecule has 0 aromatic heterocycles. The third-order valence-electron chi connectivity index (χ3n) is 2.74. The number of guanidine groups is 1. The zero-order valence-electron chi connectivity index (χ0n) is 11.7. The smallest absolute Gasteiger partial charge is 0.382 e. The normalized spacial score (nSPS) is 14.0. The first-order valence-electron chi connectivity index (χ1n) is 6.15. The van der Waals surface area contributed by atoms with E-state index in [0.717, 1.165) is 5.56 Å². The summed E-state index contributed by atoms with van der Waals surface area (Å²) >= 11 is 0. The first-order chi connectivity index (χ1) is 9.74. The number of benzene rings is 1. The topological polar surface area (TPSA) is 47.9 Å². The van der Waals surface area contributed by atoms with Crippen molar-refractivity contribution in [2.45, 2.75) is 18.8 Å². The Labute approximate surface area is 120 Å². The first-order valence-corrected chi connectivity index (χ1v) is 6.15. The molecule has 118 valence electrons. The monoisotopic (exact) mass is 307 g/mol. The van der Waals surface area contributed by atoms with Gasteiger partial charge in [-0.25, -0.2) is 4.39 Å². The number of aliphatic imine (C=N–C) groups is 1. The predicted octanol–water partition coefficient (Wildman–Crippen LogP) is 1.76. The fourth-order valence-electron chi connectivity index (χ4n) is 1.63. The van der Waals surface area contributed by atoms with Crippen LogP contribution in [0.4, 0.5) is 17.6 Å². The molecule has 0 saturated carbocycles. The molecular formula is C13H17F4N3O. The van der Waals surface area contributed by atoms with E-state index in [0.29, 0.717) is 6.54 Å². The molecule has 8 heteroatoms. The summed E-state index contributed by atoms with van der Waals surface area (Å²) in [7, 11) is 3.04. The van der Waals surface area contributed by atoms with Crippen molar-refractivity contribution in [1.82, 2.24) is 10.2 Å². The van der Waals surface area contributed by atoms with Gasteiger partial charge in [-0.2, -0.15) is 13.2 Å². The van der Waals surface area contributed by atoms with Gasteiger partial charge in [-0.3, -0.25) is 4.99 Å². The van der Waals surface area contributed by atoms with Crippen molar-refractivity contribution < 1.29 is 22.7 Å². The largest absolute Gasteiger partial charge is 0.416 e. The molecule has 0 heterocycles. The summed E-state index contributed by atoms with van der Waals surface area (Å²) in [6.45, 7) is -0.355. The number of halogens is 4. The van der Waals surface area contributed by atoms with Crippen molar-refractivity contribution in [3.05, 3.63) is 35.6 Å². The van der Waals surface area contributed by atoms with Gasteiger partial charge in [0.2, 0.25) is 0 Å². The van der Waals surface area contributed by atoms with Crippen molar-refractivity contribution in [3.63, 3.8) is 0 Å². The Hall–Kier alpha value is -1.83. The van der Waals surface area contributed by atoms with Crippen molar-refractivity contribution >= 4 is 5.96 Å². The maximum Gasteiger partial charge on any atom is 0.416 e. The Balaban J connectivity index is 2.58. The third-order valence-corrected chi connectivity index (χ3v) is 2.74. The van der Waals surface area contributed by atoms with Gasteiger partial charge in [-0.15, -0.1) is 0 Å². The van der Waals surface area contributed by atoms with Crippen LogP contribution in [0, 0.1) is 5.82 Å². The maximum atomic E-state index is 12.8. The van der Waals surface area contributed by atoms with Gasteiger partial charge in [0.05, 0.1) is 6.54 Å². The van der Waals surface area contributed by atoms with Gasteiger partial charge in [0.25, 0.3) is 0 Å². The molecule has 1 aromatic rings. The minimum Gasteiger partial charge on any atom is -0.382 e. The predicted molar refractivity (Wildman–Crippen MR) is 71.3 cm³/mol. The number of rotatable bonds is 4. The van der Waals surface area contributed by atoms with Crippen LogP contribution in [0.2, 0.25) is 0 Å². The molecule has 0 aliphatic rings. The molecule has 2 N–H and O–H groups in total. The second kappa shape index (κ2) is 7.26. The van der Waals surface area contributed by atoms with Crippen molar-refractivity contribution in [2.75, 3.05) is 20.6 Å². The number of aliphatic hydroxyl groups excluding tert-OH is 1. The molecule has 0 amide bonds. The summed E-state index contributed by atoms with van der Waals surface area (Å²) in [5, 5.41) is 11.4. The van der Waals surface area contributed by atoms with E-state index in [9.17, 15) is 17.6 Å². The van der Waals surface area contributed by atoms with Crippen LogP contribution < -0.4 is 5.32 Å². The fourth-order valence-corrected chi connectivity index (χ4v) is 1.63. The van der Waals surface area contributed by atoms with Crippen LogP contribution in [0.3, 0.4) is 0 Å². The molecule has 0 aliphatic heterocycles. The summed E-state index contributed by atoms with van der Waals surface area (Å²) in [6.07, 6.45) is -7.14. The number of nitrogens with one attached hydrogen (secondary N) is 1. The molecule has 0 spiro atoms. The van der Waals surface area contributed by atoms with Crippen molar-refractivity contribution in [1.29, 1.82) is 0 Å². The van der Waals surface area contributed by atoms with Crippen LogP contribution in [0.25, 0.3) is 0 Å². The van der Waals surface area contributed by atoms with Gasteiger partial charge >= 0.3 is 6.18 Å². The molecule has 1 unspecified atom stereocenters. The molecule has 0 saturated heterocycles. The average molecular weight is 307 g/mol. The summed E-state index contributed by atoms with van der Waals surface area (Å²) in [4.78, 5) is 5.40. The number of aliphatic hydroxyl groups is 1. The molecule has 4 nitrogen and oxygen atoms in total. The van der Waals surface area contributed by atoms with E-state index >= 15 is 0 Å². The van der Waals surface area contributed by atoms with E-state index in [-0.39, 0.29) is 11.8 Å². The number of hydrogen-bond acceptors (Lipinski definition) is 2. The fraction of sp³-hybridized carbons (Fsp3) is 0.462. The molecule has 0 radical (unpaired) electrons. The van der Waals surface area contributed by atoms with Gasteiger partial charge in [-0.05, 0) is 17.7 Å². The molecule has 1 rings (SSSR count). The van der Waals surface area contributed by atoms with Crippen LogP contribution in [0.5, 0.6) is 0 Å². The lowest BCUT2D eigenvalue weighted by Gasteiger charge is -2.24. The van der Waals surface area contributed by atoms with Crippen LogP contribution in [0.1, 0.15) is 5.56 Å². The van der Waals surface area contributed by atoms with Crippen LogP contribution in [0.15, 0.2) is 29.3 Å². The van der Waals surface area contributed by atoms with Gasteiger partial charge in [0.15, 0.2) is 12.1 Å². The van der Waals surface area contributed by atoms with Crippen LogP contribution in [-0.2, 0) is 6.54 Å². The summed E-state index contributed by atoms with van der Waals surface area (Å²) in [5.41, 5.74) is 0.776. The van der Waals surface area contributed by atoms with E-state index in [1.54, 1.807) is 24.1 Å². The Kier molecular flexibility index (Phi) is 5.95. The van der Waals surface area contributed by atoms with Gasteiger partial charge in [0.1, 0.15) is 5.82 Å². The minimum atomic E-state index is -4.68. The SMILES string of the molecule is CN=C(NCC(O)C(F)(F)F)N(C)Cc1ccc(F)cc1. The minimum absolute atomic E-state index is 0.197. The summed E-state index contributed by atoms with van der Waals surface area (Å²) in [6, 6.07) is 5.74. The Morgan fingerprint density at radius 3 is 2.38 bits per heavy atom. The second-order valence-corrected chi connectivity index (χ2v) is 4.47. The quantitative estimate of drug-likeness (QED) is 0.506.